The summed E-state index contributed by atoms with van der Waals surface area (Å²) in [5.74, 6) is 2.12. The van der Waals surface area contributed by atoms with Gasteiger partial charge in [-0.1, -0.05) is 13.8 Å². The first-order valence-electron chi connectivity index (χ1n) is 6.90. The van der Waals surface area contributed by atoms with Crippen molar-refractivity contribution in [3.8, 4) is 0 Å². The number of hydrogen-bond acceptors (Lipinski definition) is 3. The Hall–Kier alpha value is -0.800. The van der Waals surface area contributed by atoms with E-state index in [4.69, 9.17) is 4.42 Å². The van der Waals surface area contributed by atoms with E-state index in [1.165, 1.54) is 5.56 Å². The fraction of sp³-hybridized carbons (Fsp3) is 0.733. The van der Waals surface area contributed by atoms with Crippen molar-refractivity contribution in [2.45, 2.75) is 59.7 Å². The topological polar surface area (TPSA) is 28.4 Å². The summed E-state index contributed by atoms with van der Waals surface area (Å²) >= 11 is 0. The molecule has 1 aromatic heterocycles. The Morgan fingerprint density at radius 2 is 2.00 bits per heavy atom. The van der Waals surface area contributed by atoms with Crippen molar-refractivity contribution in [3.05, 3.63) is 23.2 Å². The molecule has 0 spiro atoms. The van der Waals surface area contributed by atoms with Gasteiger partial charge in [-0.25, -0.2) is 0 Å². The van der Waals surface area contributed by atoms with E-state index in [0.717, 1.165) is 37.6 Å². The van der Waals surface area contributed by atoms with Crippen LogP contribution in [0.4, 0.5) is 0 Å². The number of hydrogen-bond donors (Lipinski definition) is 1. The molecule has 0 aliphatic rings. The van der Waals surface area contributed by atoms with Gasteiger partial charge < -0.3 is 9.73 Å². The van der Waals surface area contributed by atoms with E-state index < -0.39 is 0 Å². The van der Waals surface area contributed by atoms with Crippen LogP contribution in [-0.4, -0.2) is 24.0 Å². The average molecular weight is 252 g/mol. The summed E-state index contributed by atoms with van der Waals surface area (Å²) < 4.78 is 5.92. The predicted molar refractivity (Wildman–Crippen MR) is 76.7 cm³/mol. The summed E-state index contributed by atoms with van der Waals surface area (Å²) in [6, 6.07) is 2.16. The molecule has 1 aromatic rings. The van der Waals surface area contributed by atoms with Crippen LogP contribution in [-0.2, 0) is 13.1 Å². The first-order valence-corrected chi connectivity index (χ1v) is 6.90. The van der Waals surface area contributed by atoms with Gasteiger partial charge in [0.2, 0.25) is 0 Å². The van der Waals surface area contributed by atoms with Gasteiger partial charge in [-0.05, 0) is 52.4 Å². The highest BCUT2D eigenvalue weighted by Crippen LogP contribution is 2.22. The molecule has 3 nitrogen and oxygen atoms in total. The molecule has 0 aliphatic carbocycles. The Morgan fingerprint density at radius 3 is 2.56 bits per heavy atom. The first-order chi connectivity index (χ1) is 8.40. The van der Waals surface area contributed by atoms with E-state index in [2.05, 4.69) is 57.9 Å². The van der Waals surface area contributed by atoms with Crippen molar-refractivity contribution in [2.24, 2.45) is 0 Å². The zero-order chi connectivity index (χ0) is 13.8. The fourth-order valence-corrected chi connectivity index (χ4v) is 1.80. The van der Waals surface area contributed by atoms with Gasteiger partial charge in [0, 0.05) is 5.54 Å². The third-order valence-corrected chi connectivity index (χ3v) is 3.90. The smallest absolute Gasteiger partial charge is 0.120 e. The number of aryl methyl sites for hydroxylation is 1. The minimum Gasteiger partial charge on any atom is -0.463 e. The van der Waals surface area contributed by atoms with Crippen LogP contribution in [0.2, 0.25) is 0 Å². The maximum atomic E-state index is 5.92. The Labute approximate surface area is 112 Å². The number of nitrogens with one attached hydrogen (secondary N) is 1. The number of rotatable bonds is 7. The molecular weight excluding hydrogens is 224 g/mol. The third kappa shape index (κ3) is 3.85. The van der Waals surface area contributed by atoms with Crippen LogP contribution in [0.25, 0.3) is 0 Å². The number of furan rings is 1. The molecule has 0 aliphatic heterocycles. The minimum atomic E-state index is 0.211. The molecule has 0 atom stereocenters. The molecule has 1 N–H and O–H groups in total. The summed E-state index contributed by atoms with van der Waals surface area (Å²) in [7, 11) is 2.16. The van der Waals surface area contributed by atoms with Crippen LogP contribution >= 0.6 is 0 Å². The molecule has 1 rings (SSSR count). The first kappa shape index (κ1) is 15.3. The van der Waals surface area contributed by atoms with Crippen LogP contribution < -0.4 is 5.32 Å². The fourth-order valence-electron chi connectivity index (χ4n) is 1.80. The van der Waals surface area contributed by atoms with Gasteiger partial charge in [-0.15, -0.1) is 0 Å². The van der Waals surface area contributed by atoms with Gasteiger partial charge in [-0.2, -0.15) is 0 Å². The van der Waals surface area contributed by atoms with Crippen LogP contribution in [0.1, 0.15) is 51.2 Å². The summed E-state index contributed by atoms with van der Waals surface area (Å²) in [6.45, 7) is 13.6. The van der Waals surface area contributed by atoms with Crippen LogP contribution in [0.3, 0.4) is 0 Å². The van der Waals surface area contributed by atoms with E-state index >= 15 is 0 Å². The lowest BCUT2D eigenvalue weighted by Gasteiger charge is -2.34. The largest absolute Gasteiger partial charge is 0.463 e. The summed E-state index contributed by atoms with van der Waals surface area (Å²) in [4.78, 5) is 2.35. The SMILES string of the molecule is CCNCc1oc(CN(C)C(C)(C)CC)cc1C. The minimum absolute atomic E-state index is 0.211. The second kappa shape index (κ2) is 6.39. The molecule has 0 bridgehead atoms. The molecule has 0 radical (unpaired) electrons. The van der Waals surface area contributed by atoms with Crippen molar-refractivity contribution < 1.29 is 4.42 Å². The highest BCUT2D eigenvalue weighted by molar-refractivity contribution is 5.20. The summed E-state index contributed by atoms with van der Waals surface area (Å²) in [6.07, 6.45) is 1.13. The molecular formula is C15H28N2O. The predicted octanol–water partition coefficient (Wildman–Crippen LogP) is 3.32. The van der Waals surface area contributed by atoms with Crippen molar-refractivity contribution in [1.82, 2.24) is 10.2 Å². The second-order valence-corrected chi connectivity index (χ2v) is 5.62. The molecule has 0 amide bonds. The normalized spacial score (nSPS) is 12.4. The van der Waals surface area contributed by atoms with Crippen LogP contribution in [0.5, 0.6) is 0 Å². The average Bonchev–Trinajstić information content (AvgIpc) is 2.66. The van der Waals surface area contributed by atoms with Gasteiger partial charge >= 0.3 is 0 Å². The highest BCUT2D eigenvalue weighted by atomic mass is 16.3. The zero-order valence-electron chi connectivity index (χ0n) is 12.8. The van der Waals surface area contributed by atoms with Gasteiger partial charge in [0.05, 0.1) is 13.1 Å². The molecule has 1 heterocycles. The standard InChI is InChI=1S/C15H28N2O/c1-7-15(4,5)17(6)11-13-9-12(3)14(18-13)10-16-8-2/h9,16H,7-8,10-11H2,1-6H3. The summed E-state index contributed by atoms with van der Waals surface area (Å²) in [5.41, 5.74) is 1.45. The molecule has 0 unspecified atom stereocenters. The van der Waals surface area contributed by atoms with Gasteiger partial charge in [0.15, 0.2) is 0 Å². The van der Waals surface area contributed by atoms with Crippen molar-refractivity contribution >= 4 is 0 Å². The molecule has 3 heteroatoms. The van der Waals surface area contributed by atoms with Crippen LogP contribution in [0.15, 0.2) is 10.5 Å². The Bertz CT molecular complexity index is 369. The lowest BCUT2D eigenvalue weighted by atomic mass is 10.00. The van der Waals surface area contributed by atoms with Crippen molar-refractivity contribution in [2.75, 3.05) is 13.6 Å². The molecule has 104 valence electrons. The number of nitrogens with zero attached hydrogens (tertiary/aromatic N) is 1. The zero-order valence-corrected chi connectivity index (χ0v) is 12.8. The van der Waals surface area contributed by atoms with E-state index in [-0.39, 0.29) is 5.54 Å². The van der Waals surface area contributed by atoms with E-state index in [1.54, 1.807) is 0 Å². The Morgan fingerprint density at radius 1 is 1.33 bits per heavy atom. The van der Waals surface area contributed by atoms with E-state index in [1.807, 2.05) is 0 Å². The Balaban J connectivity index is 2.68. The van der Waals surface area contributed by atoms with Crippen molar-refractivity contribution in [3.63, 3.8) is 0 Å². The maximum Gasteiger partial charge on any atom is 0.120 e. The highest BCUT2D eigenvalue weighted by Gasteiger charge is 2.22. The molecule has 18 heavy (non-hydrogen) atoms. The van der Waals surface area contributed by atoms with Crippen LogP contribution in [0, 0.1) is 6.92 Å². The second-order valence-electron chi connectivity index (χ2n) is 5.62. The molecule has 0 saturated carbocycles. The lowest BCUT2D eigenvalue weighted by Crippen LogP contribution is -2.39. The molecule has 0 fully saturated rings. The van der Waals surface area contributed by atoms with E-state index in [0.29, 0.717) is 0 Å². The quantitative estimate of drug-likeness (QED) is 0.807. The van der Waals surface area contributed by atoms with Crippen molar-refractivity contribution in [1.29, 1.82) is 0 Å². The summed E-state index contributed by atoms with van der Waals surface area (Å²) in [5, 5.41) is 3.31. The van der Waals surface area contributed by atoms with Gasteiger partial charge in [0.1, 0.15) is 11.5 Å². The molecule has 0 saturated heterocycles. The lowest BCUT2D eigenvalue weighted by molar-refractivity contribution is 0.132. The maximum absolute atomic E-state index is 5.92. The third-order valence-electron chi connectivity index (χ3n) is 3.90. The van der Waals surface area contributed by atoms with E-state index in [9.17, 15) is 0 Å². The Kier molecular flexibility index (Phi) is 5.42. The molecule has 0 aromatic carbocycles. The monoisotopic (exact) mass is 252 g/mol. The van der Waals surface area contributed by atoms with Gasteiger partial charge in [-0.3, -0.25) is 4.90 Å². The van der Waals surface area contributed by atoms with Gasteiger partial charge in [0.25, 0.3) is 0 Å².